The fraction of sp³-hybridized carbons (Fsp3) is 0.520. The fourth-order valence-corrected chi connectivity index (χ4v) is 4.18. The molecule has 1 aliphatic rings. The first-order valence-electron chi connectivity index (χ1n) is 11.0. The number of likely N-dealkylation sites (tertiary alicyclic amines) is 1. The Morgan fingerprint density at radius 1 is 1.19 bits per heavy atom. The molecule has 0 radical (unpaired) electrons. The van der Waals surface area contributed by atoms with Gasteiger partial charge in [0.25, 0.3) is 0 Å². The van der Waals surface area contributed by atoms with Crippen LogP contribution in [0.15, 0.2) is 42.6 Å². The van der Waals surface area contributed by atoms with Gasteiger partial charge in [0.15, 0.2) is 11.5 Å². The fourth-order valence-electron chi connectivity index (χ4n) is 4.18. The third-order valence-corrected chi connectivity index (χ3v) is 5.87. The molecule has 0 aliphatic carbocycles. The van der Waals surface area contributed by atoms with E-state index in [2.05, 4.69) is 21.3 Å². The maximum absolute atomic E-state index is 12.8. The van der Waals surface area contributed by atoms with Gasteiger partial charge in [-0.2, -0.15) is 0 Å². The van der Waals surface area contributed by atoms with E-state index >= 15 is 0 Å². The summed E-state index contributed by atoms with van der Waals surface area (Å²) in [5.74, 6) is 1.87. The lowest BCUT2D eigenvalue weighted by Gasteiger charge is -2.38. The van der Waals surface area contributed by atoms with E-state index in [1.54, 1.807) is 20.4 Å². The van der Waals surface area contributed by atoms with Crippen LogP contribution >= 0.6 is 0 Å². The van der Waals surface area contributed by atoms with Crippen molar-refractivity contribution in [2.45, 2.75) is 46.2 Å². The smallest absolute Gasteiger partial charge is 0.225 e. The standard InChI is InChI=1S/C25H35N3O3/c1-25(2,3)24(29)27-22(20-12-6-7-14-26-20)18-11-9-15-28(16-18)17-19-10-8-13-21(30-4)23(19)31-5/h6-8,10,12-14,18,22H,9,11,15-17H2,1-5H3,(H,27,29)/t18-,22+/m0/s1. The number of para-hydroxylation sites is 1. The van der Waals surface area contributed by atoms with Gasteiger partial charge in [0, 0.05) is 30.3 Å². The number of hydrogen-bond acceptors (Lipinski definition) is 5. The lowest BCUT2D eigenvalue weighted by atomic mass is 9.86. The zero-order valence-electron chi connectivity index (χ0n) is 19.4. The number of methoxy groups -OCH3 is 2. The number of rotatable bonds is 7. The topological polar surface area (TPSA) is 63.7 Å². The summed E-state index contributed by atoms with van der Waals surface area (Å²) in [5, 5.41) is 3.30. The molecule has 1 aromatic heterocycles. The maximum Gasteiger partial charge on any atom is 0.225 e. The third-order valence-electron chi connectivity index (χ3n) is 5.87. The molecule has 2 atom stereocenters. The van der Waals surface area contributed by atoms with Gasteiger partial charge in [0.1, 0.15) is 0 Å². The average molecular weight is 426 g/mol. The molecule has 1 amide bonds. The summed E-state index contributed by atoms with van der Waals surface area (Å²) >= 11 is 0. The largest absolute Gasteiger partial charge is 0.493 e. The van der Waals surface area contributed by atoms with Gasteiger partial charge in [-0.3, -0.25) is 14.7 Å². The number of amides is 1. The molecule has 2 heterocycles. The minimum atomic E-state index is -0.449. The zero-order valence-corrected chi connectivity index (χ0v) is 19.4. The number of hydrogen-bond donors (Lipinski definition) is 1. The summed E-state index contributed by atoms with van der Waals surface area (Å²) in [4.78, 5) is 19.8. The second-order valence-electron chi connectivity index (χ2n) is 9.25. The Kier molecular flexibility index (Phi) is 7.55. The Morgan fingerprint density at radius 2 is 2.00 bits per heavy atom. The highest BCUT2D eigenvalue weighted by Crippen LogP contribution is 2.34. The van der Waals surface area contributed by atoms with Crippen molar-refractivity contribution in [2.24, 2.45) is 11.3 Å². The van der Waals surface area contributed by atoms with Gasteiger partial charge in [0.05, 0.1) is 26.0 Å². The van der Waals surface area contributed by atoms with E-state index in [9.17, 15) is 4.79 Å². The number of benzene rings is 1. The van der Waals surface area contributed by atoms with Crippen molar-refractivity contribution in [1.82, 2.24) is 15.2 Å². The molecule has 0 saturated carbocycles. The van der Waals surface area contributed by atoms with Crippen molar-refractivity contribution in [1.29, 1.82) is 0 Å². The molecule has 6 nitrogen and oxygen atoms in total. The number of aromatic nitrogens is 1. The Balaban J connectivity index is 1.80. The Hall–Kier alpha value is -2.60. The van der Waals surface area contributed by atoms with Crippen LogP contribution in [0.25, 0.3) is 0 Å². The molecular formula is C25H35N3O3. The molecule has 6 heteroatoms. The predicted molar refractivity (Wildman–Crippen MR) is 122 cm³/mol. The van der Waals surface area contributed by atoms with Crippen LogP contribution in [0.5, 0.6) is 11.5 Å². The summed E-state index contributed by atoms with van der Waals surface area (Å²) in [6.45, 7) is 8.50. The molecule has 1 aromatic carbocycles. The molecule has 1 N–H and O–H groups in total. The van der Waals surface area contributed by atoms with Crippen LogP contribution in [0.3, 0.4) is 0 Å². The highest BCUT2D eigenvalue weighted by atomic mass is 16.5. The van der Waals surface area contributed by atoms with Gasteiger partial charge in [-0.1, -0.05) is 39.0 Å². The van der Waals surface area contributed by atoms with E-state index in [4.69, 9.17) is 9.47 Å². The van der Waals surface area contributed by atoms with E-state index in [0.717, 1.165) is 55.2 Å². The van der Waals surface area contributed by atoms with Gasteiger partial charge < -0.3 is 14.8 Å². The van der Waals surface area contributed by atoms with Crippen LogP contribution in [0.4, 0.5) is 0 Å². The van der Waals surface area contributed by atoms with Crippen molar-refractivity contribution < 1.29 is 14.3 Å². The van der Waals surface area contributed by atoms with Crippen LogP contribution in [-0.2, 0) is 11.3 Å². The molecule has 1 saturated heterocycles. The molecule has 1 aliphatic heterocycles. The average Bonchev–Trinajstić information content (AvgIpc) is 2.77. The summed E-state index contributed by atoms with van der Waals surface area (Å²) in [5.41, 5.74) is 1.58. The summed E-state index contributed by atoms with van der Waals surface area (Å²) in [6.07, 6.45) is 3.93. The first kappa shape index (κ1) is 23.1. The van der Waals surface area contributed by atoms with Gasteiger partial charge in [0.2, 0.25) is 5.91 Å². The maximum atomic E-state index is 12.8. The van der Waals surface area contributed by atoms with Crippen molar-refractivity contribution in [3.05, 3.63) is 53.9 Å². The molecule has 3 rings (SSSR count). The van der Waals surface area contributed by atoms with E-state index < -0.39 is 5.41 Å². The zero-order chi connectivity index (χ0) is 22.4. The summed E-state index contributed by atoms with van der Waals surface area (Å²) in [6, 6.07) is 11.8. The molecule has 1 fully saturated rings. The highest BCUT2D eigenvalue weighted by Gasteiger charge is 2.33. The number of piperidine rings is 1. The lowest BCUT2D eigenvalue weighted by Crippen LogP contribution is -2.45. The van der Waals surface area contributed by atoms with Crippen molar-refractivity contribution >= 4 is 5.91 Å². The summed E-state index contributed by atoms with van der Waals surface area (Å²) < 4.78 is 11.1. The SMILES string of the molecule is COc1cccc(CN2CCC[C@H]([C@@H](NC(=O)C(C)(C)C)c3ccccn3)C2)c1OC. The van der Waals surface area contributed by atoms with E-state index in [-0.39, 0.29) is 17.9 Å². The number of ether oxygens (including phenoxy) is 2. The Morgan fingerprint density at radius 3 is 2.65 bits per heavy atom. The first-order chi connectivity index (χ1) is 14.8. The lowest BCUT2D eigenvalue weighted by molar-refractivity contribution is -0.130. The number of pyridine rings is 1. The van der Waals surface area contributed by atoms with E-state index in [1.807, 2.05) is 51.1 Å². The normalized spacial score (nSPS) is 18.3. The van der Waals surface area contributed by atoms with Gasteiger partial charge in [-0.05, 0) is 43.5 Å². The summed E-state index contributed by atoms with van der Waals surface area (Å²) in [7, 11) is 3.34. The number of nitrogens with zero attached hydrogens (tertiary/aromatic N) is 2. The van der Waals surface area contributed by atoms with E-state index in [0.29, 0.717) is 0 Å². The van der Waals surface area contributed by atoms with Crippen LogP contribution in [0.1, 0.15) is 50.9 Å². The molecule has 0 bridgehead atoms. The molecule has 0 spiro atoms. The Bertz CT molecular complexity index is 864. The molecular weight excluding hydrogens is 390 g/mol. The van der Waals surface area contributed by atoms with Crippen molar-refractivity contribution in [3.8, 4) is 11.5 Å². The van der Waals surface area contributed by atoms with Crippen LogP contribution in [-0.4, -0.2) is 43.1 Å². The number of carbonyl (C=O) groups is 1. The Labute approximate surface area is 186 Å². The molecule has 31 heavy (non-hydrogen) atoms. The predicted octanol–water partition coefficient (Wildman–Crippen LogP) is 4.21. The molecule has 2 aromatic rings. The van der Waals surface area contributed by atoms with Crippen LogP contribution in [0, 0.1) is 11.3 Å². The minimum absolute atomic E-state index is 0.0507. The van der Waals surface area contributed by atoms with Gasteiger partial charge in [-0.25, -0.2) is 0 Å². The number of nitrogens with one attached hydrogen (secondary N) is 1. The van der Waals surface area contributed by atoms with Crippen LogP contribution < -0.4 is 14.8 Å². The van der Waals surface area contributed by atoms with E-state index in [1.165, 1.54) is 0 Å². The monoisotopic (exact) mass is 425 g/mol. The van der Waals surface area contributed by atoms with Gasteiger partial charge in [-0.15, -0.1) is 0 Å². The molecule has 0 unspecified atom stereocenters. The second kappa shape index (κ2) is 10.1. The number of carbonyl (C=O) groups excluding carboxylic acids is 1. The highest BCUT2D eigenvalue weighted by molar-refractivity contribution is 5.81. The quantitative estimate of drug-likeness (QED) is 0.720. The minimum Gasteiger partial charge on any atom is -0.493 e. The van der Waals surface area contributed by atoms with Crippen LogP contribution in [0.2, 0.25) is 0 Å². The molecule has 168 valence electrons. The first-order valence-corrected chi connectivity index (χ1v) is 11.0. The second-order valence-corrected chi connectivity index (χ2v) is 9.25. The van der Waals surface area contributed by atoms with Crippen molar-refractivity contribution in [2.75, 3.05) is 27.3 Å². The van der Waals surface area contributed by atoms with Crippen molar-refractivity contribution in [3.63, 3.8) is 0 Å². The third kappa shape index (κ3) is 5.76. The van der Waals surface area contributed by atoms with Gasteiger partial charge >= 0.3 is 0 Å².